The highest BCUT2D eigenvalue weighted by atomic mass is 16.4. The standard InChI is InChI=1S/C8H15NO3/c1-8(2,3)7(12)9-5-4-6(10)11/h4-5H2,1-3H3,(H,9,12)(H,10,11). The molecule has 0 aliphatic rings. The van der Waals surface area contributed by atoms with Crippen molar-refractivity contribution in [2.75, 3.05) is 6.54 Å². The normalized spacial score (nSPS) is 10.9. The van der Waals surface area contributed by atoms with Crippen LogP contribution in [0, 0.1) is 5.41 Å². The average Bonchev–Trinajstić information content (AvgIpc) is 1.84. The Bertz CT molecular complexity index is 181. The van der Waals surface area contributed by atoms with E-state index < -0.39 is 11.4 Å². The molecule has 70 valence electrons. The number of amides is 1. The summed E-state index contributed by atoms with van der Waals surface area (Å²) in [4.78, 5) is 21.2. The number of hydrogen-bond acceptors (Lipinski definition) is 2. The summed E-state index contributed by atoms with van der Waals surface area (Å²) in [6.45, 7) is 5.54. The molecule has 0 aliphatic heterocycles. The lowest BCUT2D eigenvalue weighted by Crippen LogP contribution is -2.35. The Balaban J connectivity index is 3.66. The van der Waals surface area contributed by atoms with E-state index in [-0.39, 0.29) is 18.9 Å². The highest BCUT2D eigenvalue weighted by molar-refractivity contribution is 5.81. The summed E-state index contributed by atoms with van der Waals surface area (Å²) in [6, 6.07) is 0. The lowest BCUT2D eigenvalue weighted by molar-refractivity contribution is -0.137. The second kappa shape index (κ2) is 4.09. The molecule has 0 rings (SSSR count). The molecule has 0 aromatic carbocycles. The predicted molar refractivity (Wildman–Crippen MR) is 44.7 cm³/mol. The predicted octanol–water partition coefficient (Wildman–Crippen LogP) is 0.623. The zero-order valence-electron chi connectivity index (χ0n) is 7.68. The average molecular weight is 173 g/mol. The topological polar surface area (TPSA) is 66.4 Å². The number of hydrogen-bond donors (Lipinski definition) is 2. The zero-order valence-corrected chi connectivity index (χ0v) is 7.68. The second-order valence-corrected chi connectivity index (χ2v) is 3.65. The van der Waals surface area contributed by atoms with Gasteiger partial charge in [0.2, 0.25) is 5.91 Å². The summed E-state index contributed by atoms with van der Waals surface area (Å²) in [7, 11) is 0. The molecular weight excluding hydrogens is 158 g/mol. The Morgan fingerprint density at radius 2 is 1.83 bits per heavy atom. The van der Waals surface area contributed by atoms with Crippen molar-refractivity contribution in [1.29, 1.82) is 0 Å². The van der Waals surface area contributed by atoms with Gasteiger partial charge in [0.25, 0.3) is 0 Å². The summed E-state index contributed by atoms with van der Waals surface area (Å²) in [5, 5.41) is 10.8. The van der Waals surface area contributed by atoms with E-state index in [1.165, 1.54) is 0 Å². The van der Waals surface area contributed by atoms with E-state index >= 15 is 0 Å². The molecule has 1 amide bonds. The number of carboxylic acid groups (broad SMARTS) is 1. The quantitative estimate of drug-likeness (QED) is 0.657. The first kappa shape index (κ1) is 10.9. The Hall–Kier alpha value is -1.06. The molecule has 4 nitrogen and oxygen atoms in total. The van der Waals surface area contributed by atoms with Crippen molar-refractivity contribution in [2.24, 2.45) is 5.41 Å². The van der Waals surface area contributed by atoms with Crippen LogP contribution in [0.5, 0.6) is 0 Å². The third kappa shape index (κ3) is 4.71. The first-order chi connectivity index (χ1) is 5.34. The van der Waals surface area contributed by atoms with Crippen LogP contribution >= 0.6 is 0 Å². The van der Waals surface area contributed by atoms with E-state index in [1.54, 1.807) is 20.8 Å². The van der Waals surface area contributed by atoms with E-state index in [2.05, 4.69) is 5.32 Å². The van der Waals surface area contributed by atoms with Crippen molar-refractivity contribution in [3.05, 3.63) is 0 Å². The fourth-order valence-electron chi connectivity index (χ4n) is 0.548. The molecule has 0 spiro atoms. The maximum Gasteiger partial charge on any atom is 0.305 e. The molecule has 0 aliphatic carbocycles. The van der Waals surface area contributed by atoms with Gasteiger partial charge in [-0.2, -0.15) is 0 Å². The maximum absolute atomic E-state index is 11.1. The fourth-order valence-corrected chi connectivity index (χ4v) is 0.548. The third-order valence-corrected chi connectivity index (χ3v) is 1.31. The minimum Gasteiger partial charge on any atom is -0.481 e. The summed E-state index contributed by atoms with van der Waals surface area (Å²) in [6.07, 6.45) is -0.0260. The van der Waals surface area contributed by atoms with Crippen molar-refractivity contribution in [2.45, 2.75) is 27.2 Å². The van der Waals surface area contributed by atoms with Gasteiger partial charge in [0.15, 0.2) is 0 Å². The Morgan fingerprint density at radius 3 is 2.17 bits per heavy atom. The summed E-state index contributed by atoms with van der Waals surface area (Å²) >= 11 is 0. The number of aliphatic carboxylic acids is 1. The highest BCUT2D eigenvalue weighted by Gasteiger charge is 2.20. The van der Waals surface area contributed by atoms with Gasteiger partial charge in [-0.15, -0.1) is 0 Å². The lowest BCUT2D eigenvalue weighted by atomic mass is 9.96. The molecule has 0 heterocycles. The fraction of sp³-hybridized carbons (Fsp3) is 0.750. The molecule has 0 bridgehead atoms. The van der Waals surface area contributed by atoms with Crippen LogP contribution in [-0.2, 0) is 9.59 Å². The molecule has 12 heavy (non-hydrogen) atoms. The van der Waals surface area contributed by atoms with Crippen molar-refractivity contribution in [3.8, 4) is 0 Å². The third-order valence-electron chi connectivity index (χ3n) is 1.31. The van der Waals surface area contributed by atoms with Crippen LogP contribution in [0.4, 0.5) is 0 Å². The molecule has 0 fully saturated rings. The monoisotopic (exact) mass is 173 g/mol. The summed E-state index contributed by atoms with van der Waals surface area (Å²) in [5.74, 6) is -1.02. The van der Waals surface area contributed by atoms with Crippen molar-refractivity contribution in [3.63, 3.8) is 0 Å². The van der Waals surface area contributed by atoms with Crippen molar-refractivity contribution >= 4 is 11.9 Å². The molecule has 2 N–H and O–H groups in total. The molecule has 0 saturated carbocycles. The van der Waals surface area contributed by atoms with Crippen LogP contribution in [0.2, 0.25) is 0 Å². The lowest BCUT2D eigenvalue weighted by Gasteiger charge is -2.16. The second-order valence-electron chi connectivity index (χ2n) is 3.65. The van der Waals surface area contributed by atoms with Crippen LogP contribution in [0.1, 0.15) is 27.2 Å². The van der Waals surface area contributed by atoms with Crippen molar-refractivity contribution < 1.29 is 14.7 Å². The SMILES string of the molecule is CC(C)(C)C(=O)NCCC(=O)O. The number of nitrogens with one attached hydrogen (secondary N) is 1. The number of carbonyl (C=O) groups is 2. The molecule has 4 heteroatoms. The van der Waals surface area contributed by atoms with Gasteiger partial charge in [-0.1, -0.05) is 20.8 Å². The van der Waals surface area contributed by atoms with E-state index in [0.29, 0.717) is 0 Å². The minimum absolute atomic E-state index is 0.0260. The van der Waals surface area contributed by atoms with Crippen LogP contribution in [0.3, 0.4) is 0 Å². The van der Waals surface area contributed by atoms with E-state index in [9.17, 15) is 9.59 Å². The van der Waals surface area contributed by atoms with Gasteiger partial charge in [-0.05, 0) is 0 Å². The van der Waals surface area contributed by atoms with E-state index in [0.717, 1.165) is 0 Å². The Kier molecular flexibility index (Phi) is 3.73. The maximum atomic E-state index is 11.1. The van der Waals surface area contributed by atoms with Gasteiger partial charge >= 0.3 is 5.97 Å². The van der Waals surface area contributed by atoms with E-state index in [1.807, 2.05) is 0 Å². The van der Waals surface area contributed by atoms with Gasteiger partial charge in [0.05, 0.1) is 6.42 Å². The van der Waals surface area contributed by atoms with Gasteiger partial charge < -0.3 is 10.4 Å². The number of rotatable bonds is 3. The molecule has 0 atom stereocenters. The highest BCUT2D eigenvalue weighted by Crippen LogP contribution is 2.11. The van der Waals surface area contributed by atoms with Gasteiger partial charge in [-0.3, -0.25) is 9.59 Å². The van der Waals surface area contributed by atoms with Crippen LogP contribution in [-0.4, -0.2) is 23.5 Å². The summed E-state index contributed by atoms with van der Waals surface area (Å²) < 4.78 is 0. The summed E-state index contributed by atoms with van der Waals surface area (Å²) in [5.41, 5.74) is -0.446. The first-order valence-electron chi connectivity index (χ1n) is 3.84. The van der Waals surface area contributed by atoms with Crippen molar-refractivity contribution in [1.82, 2.24) is 5.32 Å². The minimum atomic E-state index is -0.899. The zero-order chi connectivity index (χ0) is 9.78. The molecule has 0 radical (unpaired) electrons. The van der Waals surface area contributed by atoms with Gasteiger partial charge in [0.1, 0.15) is 0 Å². The molecule has 0 aromatic rings. The molecular formula is C8H15NO3. The number of carbonyl (C=O) groups excluding carboxylic acids is 1. The van der Waals surface area contributed by atoms with Crippen LogP contribution < -0.4 is 5.32 Å². The Labute approximate surface area is 72.0 Å². The first-order valence-corrected chi connectivity index (χ1v) is 3.84. The van der Waals surface area contributed by atoms with Gasteiger partial charge in [0, 0.05) is 12.0 Å². The van der Waals surface area contributed by atoms with Gasteiger partial charge in [-0.25, -0.2) is 0 Å². The van der Waals surface area contributed by atoms with Crippen LogP contribution in [0.15, 0.2) is 0 Å². The largest absolute Gasteiger partial charge is 0.481 e. The van der Waals surface area contributed by atoms with Crippen LogP contribution in [0.25, 0.3) is 0 Å². The number of carboxylic acids is 1. The molecule has 0 unspecified atom stereocenters. The van der Waals surface area contributed by atoms with E-state index in [4.69, 9.17) is 5.11 Å². The molecule has 0 saturated heterocycles. The smallest absolute Gasteiger partial charge is 0.305 e. The molecule has 0 aromatic heterocycles. The Morgan fingerprint density at radius 1 is 1.33 bits per heavy atom.